The zero-order valence-corrected chi connectivity index (χ0v) is 11.5. The zero-order chi connectivity index (χ0) is 13.1. The summed E-state index contributed by atoms with van der Waals surface area (Å²) < 4.78 is 1.85. The second kappa shape index (κ2) is 5.25. The van der Waals surface area contributed by atoms with Crippen LogP contribution in [0.1, 0.15) is 31.1 Å². The molecule has 1 atom stereocenters. The summed E-state index contributed by atoms with van der Waals surface area (Å²) in [7, 11) is 1.95. The average molecular weight is 243 g/mol. The Morgan fingerprint density at radius 2 is 1.83 bits per heavy atom. The molecule has 0 radical (unpaired) electrons. The van der Waals surface area contributed by atoms with Gasteiger partial charge in [-0.2, -0.15) is 5.10 Å². The normalized spacial score (nSPS) is 12.7. The highest BCUT2D eigenvalue weighted by atomic mass is 15.3. The molecular formula is C15H21N3. The third kappa shape index (κ3) is 2.73. The van der Waals surface area contributed by atoms with E-state index in [0.29, 0.717) is 12.0 Å². The fraction of sp³-hybridized carbons (Fsp3) is 0.400. The summed E-state index contributed by atoms with van der Waals surface area (Å²) in [5, 5.41) is 7.97. The molecule has 0 amide bonds. The molecule has 0 aliphatic carbocycles. The van der Waals surface area contributed by atoms with Crippen molar-refractivity contribution in [2.45, 2.75) is 26.8 Å². The lowest BCUT2D eigenvalue weighted by Crippen LogP contribution is -2.16. The maximum absolute atomic E-state index is 4.37. The van der Waals surface area contributed by atoms with E-state index in [1.807, 2.05) is 24.9 Å². The molecule has 2 aromatic rings. The zero-order valence-electron chi connectivity index (χ0n) is 11.5. The first-order valence-electron chi connectivity index (χ1n) is 6.39. The number of nitrogens with one attached hydrogen (secondary N) is 1. The van der Waals surface area contributed by atoms with Crippen LogP contribution in [-0.2, 0) is 7.05 Å². The van der Waals surface area contributed by atoms with E-state index in [4.69, 9.17) is 0 Å². The highest BCUT2D eigenvalue weighted by molar-refractivity contribution is 5.48. The van der Waals surface area contributed by atoms with Crippen molar-refractivity contribution in [1.82, 2.24) is 9.78 Å². The summed E-state index contributed by atoms with van der Waals surface area (Å²) in [6.07, 6.45) is 2.04. The molecule has 2 rings (SSSR count). The van der Waals surface area contributed by atoms with Crippen LogP contribution in [0.5, 0.6) is 0 Å². The lowest BCUT2D eigenvalue weighted by Gasteiger charge is -2.23. The van der Waals surface area contributed by atoms with E-state index in [-0.39, 0.29) is 0 Å². The Bertz CT molecular complexity index is 500. The van der Waals surface area contributed by atoms with E-state index in [9.17, 15) is 0 Å². The third-order valence-electron chi connectivity index (χ3n) is 3.15. The van der Waals surface area contributed by atoms with Gasteiger partial charge in [0.25, 0.3) is 0 Å². The van der Waals surface area contributed by atoms with E-state index in [1.165, 1.54) is 5.56 Å². The topological polar surface area (TPSA) is 29.9 Å². The van der Waals surface area contributed by atoms with Crippen molar-refractivity contribution in [3.05, 3.63) is 47.8 Å². The third-order valence-corrected chi connectivity index (χ3v) is 3.15. The number of aromatic nitrogens is 2. The van der Waals surface area contributed by atoms with E-state index in [1.54, 1.807) is 0 Å². The molecule has 0 spiro atoms. The molecule has 1 heterocycles. The first kappa shape index (κ1) is 12.7. The molecule has 3 heteroatoms. The monoisotopic (exact) mass is 243 g/mol. The number of nitrogens with zero attached hydrogens (tertiary/aromatic N) is 2. The molecule has 1 unspecified atom stereocenters. The van der Waals surface area contributed by atoms with Gasteiger partial charge in [0.1, 0.15) is 0 Å². The Morgan fingerprint density at radius 3 is 2.33 bits per heavy atom. The number of aryl methyl sites for hydroxylation is 2. The molecule has 0 bridgehead atoms. The van der Waals surface area contributed by atoms with Crippen LogP contribution in [0.15, 0.2) is 36.5 Å². The summed E-state index contributed by atoms with van der Waals surface area (Å²) in [4.78, 5) is 0. The van der Waals surface area contributed by atoms with Crippen LogP contribution in [0.2, 0.25) is 0 Å². The highest BCUT2D eigenvalue weighted by Gasteiger charge is 2.17. The smallest absolute Gasteiger partial charge is 0.0825 e. The van der Waals surface area contributed by atoms with Crippen molar-refractivity contribution >= 4 is 5.69 Å². The van der Waals surface area contributed by atoms with Crippen LogP contribution in [0, 0.1) is 12.8 Å². The summed E-state index contributed by atoms with van der Waals surface area (Å²) in [5.41, 5.74) is 3.47. The molecule has 0 aliphatic rings. The summed E-state index contributed by atoms with van der Waals surface area (Å²) in [6, 6.07) is 10.9. The number of benzene rings is 1. The molecule has 0 saturated carbocycles. The van der Waals surface area contributed by atoms with Gasteiger partial charge in [-0.05, 0) is 18.4 Å². The second-order valence-corrected chi connectivity index (χ2v) is 5.08. The van der Waals surface area contributed by atoms with Gasteiger partial charge < -0.3 is 5.32 Å². The SMILES string of the molecule is Cc1nn(C)cc1NC(c1ccccc1)C(C)C. The number of anilines is 1. The van der Waals surface area contributed by atoms with Crippen LogP contribution in [0.25, 0.3) is 0 Å². The standard InChI is InChI=1S/C15H21N3/c1-11(2)15(13-8-6-5-7-9-13)16-14-10-18(4)17-12(14)3/h5-11,15-16H,1-4H3. The van der Waals surface area contributed by atoms with Crippen LogP contribution >= 0.6 is 0 Å². The fourth-order valence-electron chi connectivity index (χ4n) is 2.20. The van der Waals surface area contributed by atoms with Gasteiger partial charge in [0.2, 0.25) is 0 Å². The van der Waals surface area contributed by atoms with Crippen molar-refractivity contribution in [2.24, 2.45) is 13.0 Å². The lowest BCUT2D eigenvalue weighted by atomic mass is 9.96. The predicted molar refractivity (Wildman–Crippen MR) is 75.6 cm³/mol. The van der Waals surface area contributed by atoms with Crippen LogP contribution in [0.4, 0.5) is 5.69 Å². The predicted octanol–water partition coefficient (Wildman–Crippen LogP) is 3.54. The average Bonchev–Trinajstić information content (AvgIpc) is 2.65. The van der Waals surface area contributed by atoms with Crippen molar-refractivity contribution in [3.8, 4) is 0 Å². The minimum atomic E-state index is 0.314. The molecule has 18 heavy (non-hydrogen) atoms. The molecule has 1 aromatic carbocycles. The maximum atomic E-state index is 4.37. The summed E-state index contributed by atoms with van der Waals surface area (Å²) >= 11 is 0. The minimum Gasteiger partial charge on any atom is -0.375 e. The quantitative estimate of drug-likeness (QED) is 0.890. The molecule has 0 aliphatic heterocycles. The second-order valence-electron chi connectivity index (χ2n) is 5.08. The number of hydrogen-bond donors (Lipinski definition) is 1. The molecule has 0 fully saturated rings. The molecule has 0 saturated heterocycles. The maximum Gasteiger partial charge on any atom is 0.0825 e. The van der Waals surface area contributed by atoms with Crippen molar-refractivity contribution in [2.75, 3.05) is 5.32 Å². The van der Waals surface area contributed by atoms with Crippen molar-refractivity contribution in [3.63, 3.8) is 0 Å². The molecule has 1 N–H and O–H groups in total. The van der Waals surface area contributed by atoms with Gasteiger partial charge in [0, 0.05) is 13.2 Å². The Morgan fingerprint density at radius 1 is 1.17 bits per heavy atom. The van der Waals surface area contributed by atoms with Gasteiger partial charge in [0.05, 0.1) is 17.4 Å². The minimum absolute atomic E-state index is 0.314. The van der Waals surface area contributed by atoms with Crippen molar-refractivity contribution in [1.29, 1.82) is 0 Å². The van der Waals surface area contributed by atoms with E-state index < -0.39 is 0 Å². The summed E-state index contributed by atoms with van der Waals surface area (Å²) in [6.45, 7) is 6.50. The molecular weight excluding hydrogens is 222 g/mol. The largest absolute Gasteiger partial charge is 0.375 e. The molecule has 1 aromatic heterocycles. The van der Waals surface area contributed by atoms with Crippen LogP contribution in [-0.4, -0.2) is 9.78 Å². The van der Waals surface area contributed by atoms with Gasteiger partial charge in [-0.25, -0.2) is 0 Å². The Hall–Kier alpha value is -1.77. The van der Waals surface area contributed by atoms with Gasteiger partial charge in [0.15, 0.2) is 0 Å². The van der Waals surface area contributed by atoms with Gasteiger partial charge in [-0.3, -0.25) is 4.68 Å². The van der Waals surface area contributed by atoms with Crippen LogP contribution < -0.4 is 5.32 Å². The highest BCUT2D eigenvalue weighted by Crippen LogP contribution is 2.27. The van der Waals surface area contributed by atoms with Crippen LogP contribution in [0.3, 0.4) is 0 Å². The van der Waals surface area contributed by atoms with E-state index in [0.717, 1.165) is 11.4 Å². The number of hydrogen-bond acceptors (Lipinski definition) is 2. The van der Waals surface area contributed by atoms with Gasteiger partial charge >= 0.3 is 0 Å². The van der Waals surface area contributed by atoms with Crippen molar-refractivity contribution < 1.29 is 0 Å². The van der Waals surface area contributed by atoms with Gasteiger partial charge in [-0.1, -0.05) is 44.2 Å². The Balaban J connectivity index is 2.25. The first-order chi connectivity index (χ1) is 8.58. The molecule has 3 nitrogen and oxygen atoms in total. The fourth-order valence-corrected chi connectivity index (χ4v) is 2.20. The van der Waals surface area contributed by atoms with E-state index >= 15 is 0 Å². The Kier molecular flexibility index (Phi) is 3.70. The van der Waals surface area contributed by atoms with E-state index in [2.05, 4.69) is 54.6 Å². The lowest BCUT2D eigenvalue weighted by molar-refractivity contribution is 0.546. The Labute approximate surface area is 109 Å². The molecule has 96 valence electrons. The number of rotatable bonds is 4. The first-order valence-corrected chi connectivity index (χ1v) is 6.39. The van der Waals surface area contributed by atoms with Gasteiger partial charge in [-0.15, -0.1) is 0 Å². The summed E-state index contributed by atoms with van der Waals surface area (Å²) in [5.74, 6) is 0.520.